The van der Waals surface area contributed by atoms with Gasteiger partial charge in [-0.1, -0.05) is 30.7 Å². The Morgan fingerprint density at radius 3 is 2.50 bits per heavy atom. The van der Waals surface area contributed by atoms with Crippen LogP contribution in [0.3, 0.4) is 0 Å². The first kappa shape index (κ1) is 24.3. The lowest BCUT2D eigenvalue weighted by molar-refractivity contribution is 0.0802. The van der Waals surface area contributed by atoms with Gasteiger partial charge in [0.2, 0.25) is 10.0 Å². The second-order valence-electron chi connectivity index (χ2n) is 6.62. The first-order chi connectivity index (χ1) is 14.4. The number of nitrogens with two attached hydrogens (primary N) is 1. The number of nitrogens with one attached hydrogen (secondary N) is 1. The monoisotopic (exact) mass is 455 g/mol. The van der Waals surface area contributed by atoms with Crippen molar-refractivity contribution in [3.8, 4) is 5.75 Å². The van der Waals surface area contributed by atoms with Gasteiger partial charge in [-0.25, -0.2) is 12.7 Å². The van der Waals surface area contributed by atoms with Gasteiger partial charge in [-0.2, -0.15) is 0 Å². The Morgan fingerprint density at radius 2 is 1.83 bits per heavy atom. The molecule has 0 amide bonds. The molecule has 0 fully saturated rings. The van der Waals surface area contributed by atoms with Crippen molar-refractivity contribution >= 4 is 33.0 Å². The van der Waals surface area contributed by atoms with Gasteiger partial charge in [0, 0.05) is 18.1 Å². The van der Waals surface area contributed by atoms with Crippen molar-refractivity contribution in [3.05, 3.63) is 53.6 Å². The Kier molecular flexibility index (Phi) is 9.71. The lowest BCUT2D eigenvalue weighted by Gasteiger charge is -2.31. The first-order valence-electron chi connectivity index (χ1n) is 9.94. The SMILES string of the molecule is CCCS(=O)(=O)N(c1ccccc1NCCOc1ccc(Cl)cc1)C(C)OCCN. The van der Waals surface area contributed by atoms with E-state index in [2.05, 4.69) is 5.32 Å². The number of anilines is 2. The van der Waals surface area contributed by atoms with E-state index < -0.39 is 16.3 Å². The standard InChI is InChI=1S/C21H30ClN3O4S/c1-3-16-30(26,27)25(17(2)28-14-12-23)21-7-5-4-6-20(21)24-13-15-29-19-10-8-18(22)9-11-19/h4-11,17,24H,3,12-16,23H2,1-2H3. The Hall–Kier alpha value is -2.00. The smallest absolute Gasteiger partial charge is 0.237 e. The number of hydrogen-bond acceptors (Lipinski definition) is 6. The van der Waals surface area contributed by atoms with Crippen molar-refractivity contribution in [1.82, 2.24) is 0 Å². The van der Waals surface area contributed by atoms with E-state index in [0.717, 1.165) is 0 Å². The molecule has 0 saturated heterocycles. The van der Waals surface area contributed by atoms with E-state index in [0.29, 0.717) is 48.3 Å². The quantitative estimate of drug-likeness (QED) is 0.353. The molecule has 0 saturated carbocycles. The number of rotatable bonds is 13. The van der Waals surface area contributed by atoms with Crippen molar-refractivity contribution in [2.75, 3.05) is 41.7 Å². The van der Waals surface area contributed by atoms with Gasteiger partial charge in [-0.3, -0.25) is 0 Å². The zero-order valence-corrected chi connectivity index (χ0v) is 19.0. The largest absolute Gasteiger partial charge is 0.492 e. The van der Waals surface area contributed by atoms with Crippen molar-refractivity contribution in [3.63, 3.8) is 0 Å². The molecule has 2 rings (SSSR count). The molecule has 166 valence electrons. The van der Waals surface area contributed by atoms with Gasteiger partial charge in [0.15, 0.2) is 0 Å². The first-order valence-corrected chi connectivity index (χ1v) is 11.9. The minimum atomic E-state index is -3.57. The molecule has 0 spiro atoms. The molecule has 0 heterocycles. The number of benzene rings is 2. The van der Waals surface area contributed by atoms with E-state index in [4.69, 9.17) is 26.8 Å². The van der Waals surface area contributed by atoms with E-state index in [-0.39, 0.29) is 12.4 Å². The summed E-state index contributed by atoms with van der Waals surface area (Å²) in [6.07, 6.45) is -0.175. The molecular formula is C21H30ClN3O4S. The Morgan fingerprint density at radius 1 is 1.13 bits per heavy atom. The predicted octanol–water partition coefficient (Wildman–Crippen LogP) is 3.70. The fraction of sp³-hybridized carbons (Fsp3) is 0.429. The molecule has 0 aliphatic heterocycles. The van der Waals surface area contributed by atoms with E-state index >= 15 is 0 Å². The van der Waals surface area contributed by atoms with Gasteiger partial charge in [-0.05, 0) is 49.7 Å². The maximum absolute atomic E-state index is 13.0. The van der Waals surface area contributed by atoms with Crippen molar-refractivity contribution in [2.24, 2.45) is 5.73 Å². The van der Waals surface area contributed by atoms with Crippen LogP contribution in [0.25, 0.3) is 0 Å². The summed E-state index contributed by atoms with van der Waals surface area (Å²) in [7, 11) is -3.57. The molecule has 2 aromatic rings. The topological polar surface area (TPSA) is 93.9 Å². The third-order valence-corrected chi connectivity index (χ3v) is 6.48. The van der Waals surface area contributed by atoms with Crippen LogP contribution in [0.1, 0.15) is 20.3 Å². The molecule has 0 aromatic heterocycles. The minimum Gasteiger partial charge on any atom is -0.492 e. The fourth-order valence-electron chi connectivity index (χ4n) is 2.94. The Bertz CT molecular complexity index is 878. The van der Waals surface area contributed by atoms with Gasteiger partial charge >= 0.3 is 0 Å². The molecule has 30 heavy (non-hydrogen) atoms. The van der Waals surface area contributed by atoms with Crippen LogP contribution in [-0.2, 0) is 14.8 Å². The summed E-state index contributed by atoms with van der Waals surface area (Å²) in [4.78, 5) is 0. The molecule has 9 heteroatoms. The summed E-state index contributed by atoms with van der Waals surface area (Å²) in [5.74, 6) is 0.739. The molecule has 0 aliphatic carbocycles. The predicted molar refractivity (Wildman–Crippen MR) is 123 cm³/mol. The lowest BCUT2D eigenvalue weighted by atomic mass is 10.2. The van der Waals surface area contributed by atoms with E-state index in [1.54, 1.807) is 43.3 Å². The zero-order valence-electron chi connectivity index (χ0n) is 17.4. The highest BCUT2D eigenvalue weighted by Gasteiger charge is 2.29. The molecular weight excluding hydrogens is 426 g/mol. The van der Waals surface area contributed by atoms with Crippen molar-refractivity contribution in [2.45, 2.75) is 26.5 Å². The summed E-state index contributed by atoms with van der Waals surface area (Å²) < 4.78 is 38.6. The second-order valence-corrected chi connectivity index (χ2v) is 9.02. The summed E-state index contributed by atoms with van der Waals surface area (Å²) >= 11 is 5.88. The van der Waals surface area contributed by atoms with Crippen LogP contribution in [0.15, 0.2) is 48.5 Å². The summed E-state index contributed by atoms with van der Waals surface area (Å²) in [5.41, 5.74) is 6.73. The Labute approximate surface area is 184 Å². The van der Waals surface area contributed by atoms with Crippen LogP contribution < -0.4 is 20.1 Å². The van der Waals surface area contributed by atoms with Gasteiger partial charge in [0.25, 0.3) is 0 Å². The highest BCUT2D eigenvalue weighted by atomic mass is 35.5. The third-order valence-electron chi connectivity index (χ3n) is 4.21. The summed E-state index contributed by atoms with van der Waals surface area (Å²) in [6.45, 7) is 5.01. The molecule has 1 atom stereocenters. The second kappa shape index (κ2) is 12.0. The van der Waals surface area contributed by atoms with Crippen LogP contribution in [0, 0.1) is 0 Å². The van der Waals surface area contributed by atoms with Crippen LogP contribution >= 0.6 is 11.6 Å². The van der Waals surface area contributed by atoms with E-state index in [1.165, 1.54) is 4.31 Å². The van der Waals surface area contributed by atoms with Gasteiger partial charge in [0.1, 0.15) is 18.6 Å². The number of halogens is 1. The molecule has 7 nitrogen and oxygen atoms in total. The Balaban J connectivity index is 2.14. The molecule has 0 radical (unpaired) electrons. The molecule has 2 aromatic carbocycles. The van der Waals surface area contributed by atoms with Gasteiger partial charge in [-0.15, -0.1) is 0 Å². The number of hydrogen-bond donors (Lipinski definition) is 2. The van der Waals surface area contributed by atoms with E-state index in [1.807, 2.05) is 19.1 Å². The summed E-state index contributed by atoms with van der Waals surface area (Å²) in [5, 5.41) is 3.91. The number of nitrogens with zero attached hydrogens (tertiary/aromatic N) is 1. The van der Waals surface area contributed by atoms with Crippen LogP contribution in [0.5, 0.6) is 5.75 Å². The number of para-hydroxylation sites is 2. The van der Waals surface area contributed by atoms with Crippen LogP contribution in [-0.4, -0.2) is 46.7 Å². The molecule has 0 bridgehead atoms. The highest BCUT2D eigenvalue weighted by molar-refractivity contribution is 7.92. The lowest BCUT2D eigenvalue weighted by Crippen LogP contribution is -2.42. The average Bonchev–Trinajstić information content (AvgIpc) is 2.72. The molecule has 0 aliphatic rings. The minimum absolute atomic E-state index is 0.0251. The maximum Gasteiger partial charge on any atom is 0.237 e. The van der Waals surface area contributed by atoms with Crippen LogP contribution in [0.2, 0.25) is 5.02 Å². The normalized spacial score (nSPS) is 12.4. The average molecular weight is 456 g/mol. The summed E-state index contributed by atoms with van der Waals surface area (Å²) in [6, 6.07) is 14.4. The highest BCUT2D eigenvalue weighted by Crippen LogP contribution is 2.30. The third kappa shape index (κ3) is 7.05. The number of ether oxygens (including phenoxy) is 2. The number of sulfonamides is 1. The fourth-order valence-corrected chi connectivity index (χ4v) is 4.75. The zero-order chi connectivity index (χ0) is 22.0. The van der Waals surface area contributed by atoms with Gasteiger partial charge in [0.05, 0.1) is 23.7 Å². The van der Waals surface area contributed by atoms with Crippen molar-refractivity contribution < 1.29 is 17.9 Å². The molecule has 3 N–H and O–H groups in total. The molecule has 1 unspecified atom stereocenters. The van der Waals surface area contributed by atoms with Crippen LogP contribution in [0.4, 0.5) is 11.4 Å². The maximum atomic E-state index is 13.0. The van der Waals surface area contributed by atoms with E-state index in [9.17, 15) is 8.42 Å². The van der Waals surface area contributed by atoms with Crippen molar-refractivity contribution in [1.29, 1.82) is 0 Å². The van der Waals surface area contributed by atoms with Gasteiger partial charge < -0.3 is 20.5 Å².